The molecule has 2 aromatic rings. The lowest BCUT2D eigenvalue weighted by molar-refractivity contribution is 0.0963. The summed E-state index contributed by atoms with van der Waals surface area (Å²) in [6.45, 7) is 2.64. The largest absolute Gasteiger partial charge is 0.490 e. The highest BCUT2D eigenvalue weighted by atomic mass is 35.5. The predicted molar refractivity (Wildman–Crippen MR) is 124 cm³/mol. The van der Waals surface area contributed by atoms with Crippen LogP contribution in [0.4, 0.5) is 5.00 Å². The number of amides is 2. The number of halogens is 2. The van der Waals surface area contributed by atoms with Gasteiger partial charge in [-0.15, -0.1) is 11.3 Å². The van der Waals surface area contributed by atoms with E-state index in [4.69, 9.17) is 27.9 Å². The number of fused-ring (bicyclic) bond motifs is 1. The first-order valence-electron chi connectivity index (χ1n) is 10.3. The average molecular weight is 469 g/mol. The number of ether oxygens (including phenoxy) is 1. The van der Waals surface area contributed by atoms with Gasteiger partial charge < -0.3 is 15.4 Å². The van der Waals surface area contributed by atoms with E-state index in [1.807, 2.05) is 0 Å². The number of benzene rings is 1. The minimum Gasteiger partial charge on any atom is -0.490 e. The molecule has 0 fully saturated rings. The molecule has 2 N–H and O–H groups in total. The van der Waals surface area contributed by atoms with Gasteiger partial charge >= 0.3 is 0 Å². The molecule has 0 atom stereocenters. The van der Waals surface area contributed by atoms with E-state index in [2.05, 4.69) is 17.6 Å². The lowest BCUT2D eigenvalue weighted by Crippen LogP contribution is -2.22. The molecule has 0 unspecified atom stereocenters. The molecule has 2 amide bonds. The molecule has 162 valence electrons. The van der Waals surface area contributed by atoms with Gasteiger partial charge in [0.05, 0.1) is 22.2 Å². The molecular formula is C22H26Cl2N2O3S. The summed E-state index contributed by atoms with van der Waals surface area (Å²) in [4.78, 5) is 26.5. The number of unbranched alkanes of at least 4 members (excludes halogenated alkanes) is 2. The Morgan fingerprint density at radius 2 is 1.80 bits per heavy atom. The lowest BCUT2D eigenvalue weighted by atomic mass is 9.95. The molecule has 30 heavy (non-hydrogen) atoms. The Morgan fingerprint density at radius 3 is 2.47 bits per heavy atom. The van der Waals surface area contributed by atoms with E-state index in [9.17, 15) is 9.59 Å². The minimum absolute atomic E-state index is 0.184. The second kappa shape index (κ2) is 10.5. The van der Waals surface area contributed by atoms with Crippen molar-refractivity contribution in [1.82, 2.24) is 5.32 Å². The number of nitrogens with one attached hydrogen (secondary N) is 2. The van der Waals surface area contributed by atoms with E-state index in [0.717, 1.165) is 50.5 Å². The molecule has 0 spiro atoms. The van der Waals surface area contributed by atoms with Crippen LogP contribution in [-0.4, -0.2) is 25.5 Å². The van der Waals surface area contributed by atoms with E-state index >= 15 is 0 Å². The van der Waals surface area contributed by atoms with Crippen molar-refractivity contribution in [3.63, 3.8) is 0 Å². The number of aryl methyl sites for hydroxylation is 1. The first kappa shape index (κ1) is 22.9. The van der Waals surface area contributed by atoms with Crippen molar-refractivity contribution in [3.05, 3.63) is 43.7 Å². The quantitative estimate of drug-likeness (QED) is 0.458. The second-order valence-electron chi connectivity index (χ2n) is 7.27. The van der Waals surface area contributed by atoms with E-state index in [0.29, 0.717) is 38.5 Å². The highest BCUT2D eigenvalue weighted by Gasteiger charge is 2.26. The summed E-state index contributed by atoms with van der Waals surface area (Å²) >= 11 is 14.1. The van der Waals surface area contributed by atoms with Crippen LogP contribution in [0.1, 0.15) is 70.2 Å². The molecule has 0 radical (unpaired) electrons. The van der Waals surface area contributed by atoms with Crippen LogP contribution in [0.25, 0.3) is 0 Å². The summed E-state index contributed by atoms with van der Waals surface area (Å²) in [6, 6.07) is 3.09. The zero-order chi connectivity index (χ0) is 21.7. The van der Waals surface area contributed by atoms with Crippen LogP contribution in [-0.2, 0) is 12.8 Å². The third kappa shape index (κ3) is 5.10. The van der Waals surface area contributed by atoms with Crippen molar-refractivity contribution in [2.45, 2.75) is 51.9 Å². The van der Waals surface area contributed by atoms with Gasteiger partial charge in [0.2, 0.25) is 0 Å². The number of carbonyl (C=O) groups excluding carboxylic acids is 2. The van der Waals surface area contributed by atoms with E-state index in [1.54, 1.807) is 19.2 Å². The number of rotatable bonds is 8. The molecule has 1 aliphatic rings. The van der Waals surface area contributed by atoms with Crippen molar-refractivity contribution in [2.75, 3.05) is 19.0 Å². The van der Waals surface area contributed by atoms with Gasteiger partial charge in [-0.1, -0.05) is 43.0 Å². The second-order valence-corrected chi connectivity index (χ2v) is 9.19. The number of thiophene rings is 1. The molecule has 3 rings (SSSR count). The minimum atomic E-state index is -0.361. The van der Waals surface area contributed by atoms with Crippen molar-refractivity contribution in [1.29, 1.82) is 0 Å². The van der Waals surface area contributed by atoms with E-state index in [-0.39, 0.29) is 11.8 Å². The SMILES string of the molecule is CCCCCOc1c(Cl)cc(C(=O)Nc2sc3c(c2C(=O)NC)CCCC3)cc1Cl. The summed E-state index contributed by atoms with van der Waals surface area (Å²) < 4.78 is 5.70. The monoisotopic (exact) mass is 468 g/mol. The zero-order valence-corrected chi connectivity index (χ0v) is 19.5. The van der Waals surface area contributed by atoms with E-state index in [1.165, 1.54) is 16.2 Å². The van der Waals surface area contributed by atoms with Crippen molar-refractivity contribution >= 4 is 51.4 Å². The fourth-order valence-electron chi connectivity index (χ4n) is 3.55. The van der Waals surface area contributed by atoms with Gasteiger partial charge in [0.15, 0.2) is 5.75 Å². The first-order chi connectivity index (χ1) is 14.5. The molecule has 0 saturated carbocycles. The third-order valence-corrected chi connectivity index (χ3v) is 6.88. The van der Waals surface area contributed by atoms with Crippen LogP contribution >= 0.6 is 34.5 Å². The van der Waals surface area contributed by atoms with Gasteiger partial charge in [-0.05, 0) is 49.8 Å². The number of hydrogen-bond donors (Lipinski definition) is 2. The molecule has 5 nitrogen and oxygen atoms in total. The Kier molecular flexibility index (Phi) is 8.03. The van der Waals surface area contributed by atoms with Gasteiger partial charge in [0.25, 0.3) is 11.8 Å². The highest BCUT2D eigenvalue weighted by molar-refractivity contribution is 7.17. The normalized spacial score (nSPS) is 12.9. The van der Waals surface area contributed by atoms with Crippen LogP contribution < -0.4 is 15.4 Å². The van der Waals surface area contributed by atoms with Gasteiger partial charge in [0, 0.05) is 17.5 Å². The van der Waals surface area contributed by atoms with Crippen LogP contribution in [0.5, 0.6) is 5.75 Å². The summed E-state index contributed by atoms with van der Waals surface area (Å²) in [7, 11) is 1.60. The first-order valence-corrected chi connectivity index (χ1v) is 11.8. The van der Waals surface area contributed by atoms with Crippen molar-refractivity contribution < 1.29 is 14.3 Å². The lowest BCUT2D eigenvalue weighted by Gasteiger charge is -2.13. The van der Waals surface area contributed by atoms with Crippen LogP contribution in [0.15, 0.2) is 12.1 Å². The summed E-state index contributed by atoms with van der Waals surface area (Å²) in [5.41, 5.74) is 1.94. The standard InChI is InChI=1S/C22H26Cl2N2O3S/c1-3-4-7-10-29-19-15(23)11-13(12-16(19)24)20(27)26-22-18(21(28)25-2)14-8-5-6-9-17(14)30-22/h11-12H,3-10H2,1-2H3,(H,25,28)(H,26,27). The molecule has 8 heteroatoms. The maximum absolute atomic E-state index is 12.9. The number of hydrogen-bond acceptors (Lipinski definition) is 4. The molecular weight excluding hydrogens is 443 g/mol. The van der Waals surface area contributed by atoms with Crippen molar-refractivity contribution in [3.8, 4) is 5.75 Å². The Morgan fingerprint density at radius 1 is 1.10 bits per heavy atom. The average Bonchev–Trinajstić information content (AvgIpc) is 3.09. The molecule has 0 bridgehead atoms. The predicted octanol–water partition coefficient (Wildman–Crippen LogP) is 6.11. The maximum Gasteiger partial charge on any atom is 0.256 e. The fourth-order valence-corrected chi connectivity index (χ4v) is 5.43. The number of anilines is 1. The Balaban J connectivity index is 1.81. The third-order valence-electron chi connectivity index (χ3n) is 5.11. The van der Waals surface area contributed by atoms with Gasteiger partial charge in [0.1, 0.15) is 5.00 Å². The highest BCUT2D eigenvalue weighted by Crippen LogP contribution is 2.39. The zero-order valence-electron chi connectivity index (χ0n) is 17.2. The number of carbonyl (C=O) groups is 2. The summed E-state index contributed by atoms with van der Waals surface area (Å²) in [6.07, 6.45) is 7.00. The van der Waals surface area contributed by atoms with Crippen LogP contribution in [0.2, 0.25) is 10.0 Å². The van der Waals surface area contributed by atoms with Crippen molar-refractivity contribution in [2.24, 2.45) is 0 Å². The molecule has 0 aliphatic heterocycles. The molecule has 1 aromatic heterocycles. The summed E-state index contributed by atoms with van der Waals surface area (Å²) in [5, 5.41) is 6.73. The molecule has 1 aromatic carbocycles. The van der Waals surface area contributed by atoms with Gasteiger partial charge in [-0.2, -0.15) is 0 Å². The maximum atomic E-state index is 12.9. The molecule has 0 saturated heterocycles. The van der Waals surface area contributed by atoms with E-state index < -0.39 is 0 Å². The smallest absolute Gasteiger partial charge is 0.256 e. The Labute approximate surface area is 191 Å². The molecule has 1 heterocycles. The fraction of sp³-hybridized carbons (Fsp3) is 0.455. The summed E-state index contributed by atoms with van der Waals surface area (Å²) in [5.74, 6) is -0.153. The van der Waals surface area contributed by atoms with Gasteiger partial charge in [-0.3, -0.25) is 9.59 Å². The Hall–Kier alpha value is -1.76. The molecule has 1 aliphatic carbocycles. The van der Waals surface area contributed by atoms with Gasteiger partial charge in [-0.25, -0.2) is 0 Å². The Bertz CT molecular complexity index is 920. The topological polar surface area (TPSA) is 67.4 Å². The van der Waals surface area contributed by atoms with Crippen LogP contribution in [0, 0.1) is 0 Å². The van der Waals surface area contributed by atoms with Crippen LogP contribution in [0.3, 0.4) is 0 Å².